The van der Waals surface area contributed by atoms with Gasteiger partial charge in [0.15, 0.2) is 0 Å². The van der Waals surface area contributed by atoms with Gasteiger partial charge in [0.25, 0.3) is 0 Å². The van der Waals surface area contributed by atoms with Gasteiger partial charge in [-0.25, -0.2) is 4.98 Å². The maximum absolute atomic E-state index is 13.6. The molecule has 1 saturated heterocycles. The van der Waals surface area contributed by atoms with E-state index in [9.17, 15) is 24.6 Å². The van der Waals surface area contributed by atoms with E-state index in [1.807, 2.05) is 50.2 Å². The second-order valence-electron chi connectivity index (χ2n) is 10.4. The first-order chi connectivity index (χ1) is 19.1. The number of imidazole rings is 1. The summed E-state index contributed by atoms with van der Waals surface area (Å²) in [4.78, 5) is 51.9. The molecule has 2 aliphatic rings. The monoisotopic (exact) mass is 579 g/mol. The zero-order chi connectivity index (χ0) is 28.5. The molecule has 12 heteroatoms. The first kappa shape index (κ1) is 29.2. The minimum Gasteiger partial charge on any atom is -0.543 e. The third kappa shape index (κ3) is 4.52. The Morgan fingerprint density at radius 2 is 1.88 bits per heavy atom. The molecular formula is C29H26N5NaO5S. The Balaban J connectivity index is 0.00000337. The quantitative estimate of drug-likeness (QED) is 0.169. The topological polar surface area (TPSA) is 131 Å². The van der Waals surface area contributed by atoms with E-state index in [0.717, 1.165) is 11.3 Å². The van der Waals surface area contributed by atoms with Crippen molar-refractivity contribution in [2.75, 3.05) is 19.0 Å². The van der Waals surface area contributed by atoms with Gasteiger partial charge in [-0.05, 0) is 43.3 Å². The minimum atomic E-state index is -1.45. The molecule has 0 aliphatic carbocycles. The summed E-state index contributed by atoms with van der Waals surface area (Å²) in [5.41, 5.74) is 2.64. The van der Waals surface area contributed by atoms with Crippen LogP contribution < -0.4 is 39.6 Å². The molecule has 4 atom stereocenters. The number of hydrogen-bond donors (Lipinski definition) is 1. The summed E-state index contributed by atoms with van der Waals surface area (Å²) in [6, 6.07) is 10.6. The van der Waals surface area contributed by atoms with Crippen molar-refractivity contribution in [2.45, 2.75) is 26.0 Å². The number of ketones is 1. The number of aliphatic carboxylic acids is 1. The van der Waals surface area contributed by atoms with Crippen LogP contribution in [0.5, 0.6) is 0 Å². The van der Waals surface area contributed by atoms with Crippen molar-refractivity contribution in [3.63, 3.8) is 0 Å². The number of hydrogen-bond acceptors (Lipinski definition) is 9. The van der Waals surface area contributed by atoms with Crippen LogP contribution in [0.1, 0.15) is 34.8 Å². The SMILES string of the molecule is C[C@@H](O)[C@H]1C(=O)N2C(C(=O)[O-])=C(c3cn4c(-c5ccc(N(C)C)cc5)nc(C(=O)c5cccnc5)c4s3)[C@H](C)[C@H]12.[Na+]. The van der Waals surface area contributed by atoms with Gasteiger partial charge >= 0.3 is 29.6 Å². The molecule has 3 aromatic heterocycles. The van der Waals surface area contributed by atoms with E-state index in [1.54, 1.807) is 28.9 Å². The fraction of sp³-hybridized carbons (Fsp3) is 0.276. The van der Waals surface area contributed by atoms with Gasteiger partial charge in [0.05, 0.1) is 34.6 Å². The van der Waals surface area contributed by atoms with Gasteiger partial charge in [0.2, 0.25) is 11.7 Å². The average Bonchev–Trinajstić information content (AvgIpc) is 3.57. The molecule has 0 unspecified atom stereocenters. The first-order valence-electron chi connectivity index (χ1n) is 12.8. The number of thiazole rings is 1. The number of carboxylic acids is 1. The molecule has 0 saturated carbocycles. The van der Waals surface area contributed by atoms with E-state index in [4.69, 9.17) is 4.98 Å². The Hall–Kier alpha value is -3.35. The maximum Gasteiger partial charge on any atom is 1.00 e. The van der Waals surface area contributed by atoms with E-state index >= 15 is 0 Å². The molecule has 1 fully saturated rings. The summed E-state index contributed by atoms with van der Waals surface area (Å²) in [5, 5.41) is 22.5. The summed E-state index contributed by atoms with van der Waals surface area (Å²) in [6.45, 7) is 3.38. The average molecular weight is 580 g/mol. The van der Waals surface area contributed by atoms with Crippen molar-refractivity contribution in [2.24, 2.45) is 11.8 Å². The van der Waals surface area contributed by atoms with Crippen LogP contribution in [-0.2, 0) is 9.59 Å². The van der Waals surface area contributed by atoms with Crippen LogP contribution in [0, 0.1) is 11.8 Å². The Kier molecular flexibility index (Phi) is 7.68. The first-order valence-corrected chi connectivity index (χ1v) is 13.6. The van der Waals surface area contributed by atoms with Gasteiger partial charge in [0, 0.05) is 61.0 Å². The number of aromatic nitrogens is 3. The van der Waals surface area contributed by atoms with Crippen molar-refractivity contribution >= 4 is 45.1 Å². The Morgan fingerprint density at radius 1 is 1.17 bits per heavy atom. The van der Waals surface area contributed by atoms with Crippen LogP contribution in [0.3, 0.4) is 0 Å². The number of nitrogens with zero attached hydrogens (tertiary/aromatic N) is 5. The van der Waals surface area contributed by atoms with E-state index in [1.165, 1.54) is 29.4 Å². The Morgan fingerprint density at radius 3 is 2.46 bits per heavy atom. The molecule has 0 bridgehead atoms. The number of fused-ring (bicyclic) bond motifs is 2. The summed E-state index contributed by atoms with van der Waals surface area (Å²) in [6.07, 6.45) is 3.92. The molecule has 1 amide bonds. The summed E-state index contributed by atoms with van der Waals surface area (Å²) >= 11 is 1.24. The molecule has 6 rings (SSSR count). The predicted molar refractivity (Wildman–Crippen MR) is 147 cm³/mol. The molecule has 41 heavy (non-hydrogen) atoms. The fourth-order valence-corrected chi connectivity index (χ4v) is 7.02. The number of anilines is 1. The standard InChI is InChI=1S/C29H27N5O5S.Na/c1-14-20(24(29(38)39)34-23(14)21(15(2)35)27(34)37)19-13-33-26(16-7-9-18(10-8-16)32(3)4)31-22(28(33)40-19)25(36)17-6-5-11-30-12-17;/h5-15,21,23,35H,1-4H3,(H,38,39);/q;+1/p-1/t14-,15+,21+,23+;/m0./s1. The van der Waals surface area contributed by atoms with Gasteiger partial charge in [-0.3, -0.25) is 19.0 Å². The Bertz CT molecular complexity index is 1710. The van der Waals surface area contributed by atoms with Crippen LogP contribution in [-0.4, -0.2) is 68.3 Å². The van der Waals surface area contributed by atoms with Gasteiger partial charge in [-0.2, -0.15) is 0 Å². The number of β-lactam (4-membered cyclic amide) rings is 1. The van der Waals surface area contributed by atoms with Crippen LogP contribution >= 0.6 is 11.3 Å². The zero-order valence-corrected chi connectivity index (χ0v) is 26.0. The number of benzene rings is 1. The second-order valence-corrected chi connectivity index (χ2v) is 11.4. The van der Waals surface area contributed by atoms with Gasteiger partial charge in [-0.15, -0.1) is 11.3 Å². The fourth-order valence-electron chi connectivity index (χ4n) is 5.78. The third-order valence-corrected chi connectivity index (χ3v) is 8.86. The number of pyridine rings is 1. The van der Waals surface area contributed by atoms with E-state index < -0.39 is 29.9 Å². The Labute approximate surface area is 262 Å². The smallest absolute Gasteiger partial charge is 0.543 e. The van der Waals surface area contributed by atoms with Gasteiger partial charge in [0.1, 0.15) is 16.3 Å². The normalized spacial score (nSPS) is 20.5. The number of aliphatic hydroxyl groups is 1. The third-order valence-electron chi connectivity index (χ3n) is 7.73. The number of aliphatic hydroxyl groups excluding tert-OH is 1. The maximum atomic E-state index is 13.6. The zero-order valence-electron chi connectivity index (χ0n) is 23.2. The molecule has 10 nitrogen and oxygen atoms in total. The molecule has 4 aromatic rings. The summed E-state index contributed by atoms with van der Waals surface area (Å²) in [7, 11) is 3.89. The largest absolute Gasteiger partial charge is 1.00 e. The molecule has 1 aromatic carbocycles. The van der Waals surface area contributed by atoms with Crippen LogP contribution in [0.2, 0.25) is 0 Å². The van der Waals surface area contributed by atoms with Crippen LogP contribution in [0.25, 0.3) is 21.8 Å². The van der Waals surface area contributed by atoms with E-state index in [0.29, 0.717) is 26.7 Å². The molecule has 204 valence electrons. The predicted octanol–water partition coefficient (Wildman–Crippen LogP) is -0.923. The number of carbonyl (C=O) groups excluding carboxylic acids is 3. The summed E-state index contributed by atoms with van der Waals surface area (Å²) < 4.78 is 1.80. The van der Waals surface area contributed by atoms with E-state index in [2.05, 4.69) is 4.98 Å². The molecule has 2 aliphatic heterocycles. The number of carboxylic acid groups (broad SMARTS) is 1. The second kappa shape index (κ2) is 10.8. The number of carbonyl (C=O) groups is 3. The molecular weight excluding hydrogens is 553 g/mol. The minimum absolute atomic E-state index is 0. The molecule has 0 spiro atoms. The number of rotatable bonds is 7. The van der Waals surface area contributed by atoms with Gasteiger partial charge in [-0.1, -0.05) is 6.92 Å². The van der Waals surface area contributed by atoms with Crippen molar-refractivity contribution in [3.8, 4) is 11.4 Å². The number of amides is 1. The van der Waals surface area contributed by atoms with Crippen molar-refractivity contribution in [3.05, 3.63) is 76.8 Å². The summed E-state index contributed by atoms with van der Waals surface area (Å²) in [5.74, 6) is -2.73. The van der Waals surface area contributed by atoms with Crippen molar-refractivity contribution in [1.82, 2.24) is 19.3 Å². The van der Waals surface area contributed by atoms with Crippen LogP contribution in [0.15, 0.2) is 60.7 Å². The van der Waals surface area contributed by atoms with Gasteiger partial charge < -0.3 is 24.8 Å². The van der Waals surface area contributed by atoms with Crippen molar-refractivity contribution < 1.29 is 54.2 Å². The van der Waals surface area contributed by atoms with E-state index in [-0.39, 0.29) is 52.6 Å². The molecule has 1 N–H and O–H groups in total. The molecule has 0 radical (unpaired) electrons. The van der Waals surface area contributed by atoms with Crippen molar-refractivity contribution in [1.29, 1.82) is 0 Å². The molecule has 5 heterocycles. The van der Waals surface area contributed by atoms with Crippen LogP contribution in [0.4, 0.5) is 5.69 Å².